The van der Waals surface area contributed by atoms with E-state index in [0.29, 0.717) is 13.0 Å². The monoisotopic (exact) mass is 264 g/mol. The van der Waals surface area contributed by atoms with E-state index in [1.165, 1.54) is 5.56 Å². The Morgan fingerprint density at radius 1 is 1.37 bits per heavy atom. The van der Waals surface area contributed by atoms with Crippen LogP contribution in [0, 0.1) is 0 Å². The van der Waals surface area contributed by atoms with Crippen molar-refractivity contribution in [1.29, 1.82) is 0 Å². The number of ether oxygens (including phenoxy) is 2. The molecule has 0 bridgehead atoms. The van der Waals surface area contributed by atoms with Gasteiger partial charge in [0.15, 0.2) is 0 Å². The molecule has 1 aliphatic heterocycles. The van der Waals surface area contributed by atoms with Crippen molar-refractivity contribution in [3.8, 4) is 0 Å². The summed E-state index contributed by atoms with van der Waals surface area (Å²) in [6.45, 7) is 7.08. The van der Waals surface area contributed by atoms with Gasteiger partial charge >= 0.3 is 0 Å². The van der Waals surface area contributed by atoms with Crippen LogP contribution in [0.4, 0.5) is 0 Å². The molecule has 0 radical (unpaired) electrons. The zero-order valence-electron chi connectivity index (χ0n) is 12.1. The minimum atomic E-state index is -0.653. The van der Waals surface area contributed by atoms with E-state index in [1.54, 1.807) is 0 Å². The molecule has 1 heterocycles. The Bertz CT molecular complexity index is 390. The summed E-state index contributed by atoms with van der Waals surface area (Å²) in [7, 11) is 0. The molecule has 19 heavy (non-hydrogen) atoms. The Kier molecular flexibility index (Phi) is 4.29. The third-order valence-electron chi connectivity index (χ3n) is 3.59. The Labute approximate surface area is 115 Å². The average molecular weight is 264 g/mol. The summed E-state index contributed by atoms with van der Waals surface area (Å²) >= 11 is 0. The van der Waals surface area contributed by atoms with Crippen LogP contribution in [-0.2, 0) is 16.1 Å². The number of benzene rings is 1. The van der Waals surface area contributed by atoms with E-state index in [1.807, 2.05) is 32.0 Å². The lowest BCUT2D eigenvalue weighted by Crippen LogP contribution is -2.32. The molecule has 106 valence electrons. The average Bonchev–Trinajstić information content (AvgIpc) is 3.08. The summed E-state index contributed by atoms with van der Waals surface area (Å²) in [6.07, 6.45) is 1.57. The van der Waals surface area contributed by atoms with Crippen molar-refractivity contribution < 1.29 is 14.6 Å². The lowest BCUT2D eigenvalue weighted by molar-refractivity contribution is -0.0304. The molecule has 3 heteroatoms. The van der Waals surface area contributed by atoms with Gasteiger partial charge in [-0.1, -0.05) is 30.3 Å². The van der Waals surface area contributed by atoms with Crippen molar-refractivity contribution in [2.75, 3.05) is 6.61 Å². The fourth-order valence-corrected chi connectivity index (χ4v) is 2.12. The maximum absolute atomic E-state index is 9.84. The predicted octanol–water partition coefficient (Wildman–Crippen LogP) is 2.91. The maximum Gasteiger partial charge on any atom is 0.115 e. The van der Waals surface area contributed by atoms with Gasteiger partial charge in [-0.2, -0.15) is 0 Å². The smallest absolute Gasteiger partial charge is 0.115 e. The largest absolute Gasteiger partial charge is 0.390 e. The Morgan fingerprint density at radius 2 is 2.00 bits per heavy atom. The predicted molar refractivity (Wildman–Crippen MR) is 74.9 cm³/mol. The van der Waals surface area contributed by atoms with Gasteiger partial charge in [0.25, 0.3) is 0 Å². The molecule has 0 spiro atoms. The number of rotatable bonds is 7. The third kappa shape index (κ3) is 4.60. The Balaban J connectivity index is 1.88. The molecular weight excluding hydrogens is 240 g/mol. The molecule has 1 aromatic rings. The summed E-state index contributed by atoms with van der Waals surface area (Å²) in [4.78, 5) is 0. The van der Waals surface area contributed by atoms with E-state index in [4.69, 9.17) is 9.47 Å². The highest BCUT2D eigenvalue weighted by Gasteiger charge is 2.47. The summed E-state index contributed by atoms with van der Waals surface area (Å²) in [6, 6.07) is 10.1. The van der Waals surface area contributed by atoms with Crippen LogP contribution in [0.15, 0.2) is 30.3 Å². The number of hydrogen-bond donors (Lipinski definition) is 1. The SMILES string of the molecule is CC(C)(O)CC[C@H](OCc1ccccc1)[C@]1(C)CO1. The fourth-order valence-electron chi connectivity index (χ4n) is 2.12. The van der Waals surface area contributed by atoms with E-state index in [2.05, 4.69) is 19.1 Å². The zero-order chi connectivity index (χ0) is 13.9. The molecule has 3 nitrogen and oxygen atoms in total. The second-order valence-electron chi connectivity index (χ2n) is 6.24. The summed E-state index contributed by atoms with van der Waals surface area (Å²) < 4.78 is 11.5. The maximum atomic E-state index is 9.84. The summed E-state index contributed by atoms with van der Waals surface area (Å²) in [5.41, 5.74) is 0.347. The minimum absolute atomic E-state index is 0.0409. The van der Waals surface area contributed by atoms with Gasteiger partial charge in [-0.15, -0.1) is 0 Å². The van der Waals surface area contributed by atoms with Crippen LogP contribution in [0.25, 0.3) is 0 Å². The first-order valence-corrected chi connectivity index (χ1v) is 6.91. The highest BCUT2D eigenvalue weighted by Crippen LogP contribution is 2.35. The first kappa shape index (κ1) is 14.5. The summed E-state index contributed by atoms with van der Waals surface area (Å²) in [5.74, 6) is 0. The van der Waals surface area contributed by atoms with E-state index in [9.17, 15) is 5.11 Å². The van der Waals surface area contributed by atoms with Gasteiger partial charge in [0.1, 0.15) is 5.60 Å². The Hall–Kier alpha value is -0.900. The van der Waals surface area contributed by atoms with Crippen molar-refractivity contribution >= 4 is 0 Å². The number of aliphatic hydroxyl groups is 1. The molecule has 1 saturated heterocycles. The van der Waals surface area contributed by atoms with Crippen LogP contribution < -0.4 is 0 Å². The van der Waals surface area contributed by atoms with Crippen LogP contribution in [0.1, 0.15) is 39.2 Å². The molecule has 0 aromatic heterocycles. The molecule has 1 aromatic carbocycles. The highest BCUT2D eigenvalue weighted by atomic mass is 16.6. The number of epoxide rings is 1. The van der Waals surface area contributed by atoms with Crippen molar-refractivity contribution in [2.45, 2.75) is 57.5 Å². The van der Waals surface area contributed by atoms with Crippen LogP contribution in [0.2, 0.25) is 0 Å². The zero-order valence-corrected chi connectivity index (χ0v) is 12.1. The van der Waals surface area contributed by atoms with E-state index >= 15 is 0 Å². The topological polar surface area (TPSA) is 42.0 Å². The normalized spacial score (nSPS) is 24.2. The van der Waals surface area contributed by atoms with Crippen molar-refractivity contribution in [2.24, 2.45) is 0 Å². The molecule has 0 unspecified atom stereocenters. The first-order chi connectivity index (χ1) is 8.89. The van der Waals surface area contributed by atoms with Crippen LogP contribution in [0.5, 0.6) is 0 Å². The van der Waals surface area contributed by atoms with Crippen LogP contribution in [0.3, 0.4) is 0 Å². The second-order valence-corrected chi connectivity index (χ2v) is 6.24. The molecule has 2 atom stereocenters. The van der Waals surface area contributed by atoms with E-state index in [0.717, 1.165) is 13.0 Å². The standard InChI is InChI=1S/C16H24O3/c1-15(2,17)10-9-14(16(3)12-19-16)18-11-13-7-5-4-6-8-13/h4-8,14,17H,9-12H2,1-3H3/t14-,16-/m0/s1. The van der Waals surface area contributed by atoms with Gasteiger partial charge in [-0.05, 0) is 39.2 Å². The molecule has 0 saturated carbocycles. The highest BCUT2D eigenvalue weighted by molar-refractivity contribution is 5.13. The third-order valence-corrected chi connectivity index (χ3v) is 3.59. The van der Waals surface area contributed by atoms with Crippen LogP contribution in [-0.4, -0.2) is 29.0 Å². The fraction of sp³-hybridized carbons (Fsp3) is 0.625. The van der Waals surface area contributed by atoms with Crippen molar-refractivity contribution in [3.63, 3.8) is 0 Å². The van der Waals surface area contributed by atoms with Gasteiger partial charge < -0.3 is 14.6 Å². The van der Waals surface area contributed by atoms with E-state index in [-0.39, 0.29) is 11.7 Å². The van der Waals surface area contributed by atoms with Gasteiger partial charge in [-0.25, -0.2) is 0 Å². The second kappa shape index (κ2) is 5.61. The van der Waals surface area contributed by atoms with E-state index < -0.39 is 5.60 Å². The molecule has 1 N–H and O–H groups in total. The molecular formula is C16H24O3. The van der Waals surface area contributed by atoms with Crippen molar-refractivity contribution in [3.05, 3.63) is 35.9 Å². The summed E-state index contributed by atoms with van der Waals surface area (Å²) in [5, 5.41) is 9.84. The van der Waals surface area contributed by atoms with Crippen LogP contribution >= 0.6 is 0 Å². The molecule has 0 amide bonds. The van der Waals surface area contributed by atoms with Gasteiger partial charge in [-0.3, -0.25) is 0 Å². The Morgan fingerprint density at radius 3 is 2.53 bits per heavy atom. The molecule has 1 aliphatic rings. The number of hydrogen-bond acceptors (Lipinski definition) is 3. The quantitative estimate of drug-likeness (QED) is 0.770. The lowest BCUT2D eigenvalue weighted by atomic mass is 9.94. The minimum Gasteiger partial charge on any atom is -0.390 e. The molecule has 1 fully saturated rings. The lowest BCUT2D eigenvalue weighted by Gasteiger charge is -2.25. The van der Waals surface area contributed by atoms with Crippen molar-refractivity contribution in [1.82, 2.24) is 0 Å². The molecule has 0 aliphatic carbocycles. The first-order valence-electron chi connectivity index (χ1n) is 6.91. The van der Waals surface area contributed by atoms with Gasteiger partial charge in [0.2, 0.25) is 0 Å². The molecule has 2 rings (SSSR count). The van der Waals surface area contributed by atoms with Gasteiger partial charge in [0, 0.05) is 0 Å². The van der Waals surface area contributed by atoms with Gasteiger partial charge in [0.05, 0.1) is 24.9 Å².